The van der Waals surface area contributed by atoms with Gasteiger partial charge in [-0.2, -0.15) is 0 Å². The van der Waals surface area contributed by atoms with Crippen LogP contribution in [0.2, 0.25) is 0 Å². The molecular formula is C6H15IN2. The van der Waals surface area contributed by atoms with Gasteiger partial charge in [-0.3, -0.25) is 0 Å². The first kappa shape index (κ1) is 9.65. The summed E-state index contributed by atoms with van der Waals surface area (Å²) in [6.45, 7) is 4.04. The van der Waals surface area contributed by atoms with Crippen molar-refractivity contribution in [3.8, 4) is 0 Å². The lowest BCUT2D eigenvalue weighted by atomic mass is 10.3. The van der Waals surface area contributed by atoms with Crippen molar-refractivity contribution in [1.82, 2.24) is 4.90 Å². The Morgan fingerprint density at radius 1 is 1.67 bits per heavy atom. The average Bonchev–Trinajstić information content (AvgIpc) is 1.87. The van der Waals surface area contributed by atoms with Crippen LogP contribution in [0.1, 0.15) is 6.92 Å². The summed E-state index contributed by atoms with van der Waals surface area (Å²) in [7, 11) is 2.11. The van der Waals surface area contributed by atoms with E-state index < -0.39 is 0 Å². The number of likely N-dealkylation sites (N-methyl/N-ethyl adjacent to an activating group) is 1. The maximum absolute atomic E-state index is 5.46. The number of nitrogens with two attached hydrogens (primary N) is 1. The molecule has 1 unspecified atom stereocenters. The minimum atomic E-state index is 0.528. The second-order valence-electron chi connectivity index (χ2n) is 2.25. The number of halogens is 1. The van der Waals surface area contributed by atoms with Crippen molar-refractivity contribution in [1.29, 1.82) is 0 Å². The maximum Gasteiger partial charge on any atom is 0.0187 e. The van der Waals surface area contributed by atoms with Crippen molar-refractivity contribution >= 4 is 22.6 Å². The van der Waals surface area contributed by atoms with Crippen LogP contribution in [0.5, 0.6) is 0 Å². The molecule has 9 heavy (non-hydrogen) atoms. The molecule has 0 fully saturated rings. The fraction of sp³-hybridized carbons (Fsp3) is 1.00. The summed E-state index contributed by atoms with van der Waals surface area (Å²) in [6.07, 6.45) is 0. The van der Waals surface area contributed by atoms with Crippen LogP contribution < -0.4 is 5.73 Å². The molecule has 0 radical (unpaired) electrons. The quantitative estimate of drug-likeness (QED) is 0.580. The van der Waals surface area contributed by atoms with Gasteiger partial charge in [-0.05, 0) is 14.0 Å². The van der Waals surface area contributed by atoms with Crippen LogP contribution in [0.15, 0.2) is 0 Å². The largest absolute Gasteiger partial charge is 0.329 e. The number of hydrogen-bond acceptors (Lipinski definition) is 2. The van der Waals surface area contributed by atoms with Gasteiger partial charge in [-0.15, -0.1) is 0 Å². The molecule has 56 valence electrons. The summed E-state index contributed by atoms with van der Waals surface area (Å²) < 4.78 is 1.18. The molecule has 0 aliphatic carbocycles. The molecule has 0 heterocycles. The second kappa shape index (κ2) is 5.44. The van der Waals surface area contributed by atoms with Gasteiger partial charge in [0.1, 0.15) is 0 Å². The van der Waals surface area contributed by atoms with E-state index in [1.54, 1.807) is 0 Å². The molecular weight excluding hydrogens is 227 g/mol. The van der Waals surface area contributed by atoms with Gasteiger partial charge < -0.3 is 10.6 Å². The third-order valence-corrected chi connectivity index (χ3v) is 2.01. The molecule has 0 amide bonds. The van der Waals surface area contributed by atoms with Gasteiger partial charge in [0.05, 0.1) is 0 Å². The molecule has 0 rings (SSSR count). The molecule has 0 saturated carbocycles. The molecule has 3 heteroatoms. The summed E-state index contributed by atoms with van der Waals surface area (Å²) in [6, 6.07) is 0.528. The van der Waals surface area contributed by atoms with E-state index in [4.69, 9.17) is 5.73 Å². The van der Waals surface area contributed by atoms with E-state index in [-0.39, 0.29) is 0 Å². The first-order valence-electron chi connectivity index (χ1n) is 3.18. The normalized spacial score (nSPS) is 14.3. The molecule has 0 bridgehead atoms. The highest BCUT2D eigenvalue weighted by Gasteiger charge is 2.03. The molecule has 1 atom stereocenters. The predicted octanol–water partition coefficient (Wildman–Crippen LogP) is 0.700. The van der Waals surface area contributed by atoms with Crippen LogP contribution in [0, 0.1) is 0 Å². The number of nitrogens with zero attached hydrogens (tertiary/aromatic N) is 1. The summed E-state index contributed by atoms with van der Waals surface area (Å²) in [5.74, 6) is 0. The molecule has 0 aromatic rings. The lowest BCUT2D eigenvalue weighted by molar-refractivity contribution is 0.280. The van der Waals surface area contributed by atoms with E-state index in [1.165, 1.54) is 4.43 Å². The maximum atomic E-state index is 5.46. The number of alkyl halides is 1. The van der Waals surface area contributed by atoms with Crippen LogP contribution in [-0.4, -0.2) is 35.5 Å². The zero-order valence-corrected chi connectivity index (χ0v) is 8.26. The Hall–Kier alpha value is 0.650. The zero-order valence-electron chi connectivity index (χ0n) is 6.10. The Kier molecular flexibility index (Phi) is 5.83. The van der Waals surface area contributed by atoms with Gasteiger partial charge in [0.15, 0.2) is 0 Å². The minimum absolute atomic E-state index is 0.528. The summed E-state index contributed by atoms with van der Waals surface area (Å²) >= 11 is 2.37. The predicted molar refractivity (Wildman–Crippen MR) is 50.0 cm³/mol. The molecule has 0 aliphatic heterocycles. The number of hydrogen-bond donors (Lipinski definition) is 1. The van der Waals surface area contributed by atoms with E-state index >= 15 is 0 Å². The Labute approximate surface area is 70.9 Å². The average molecular weight is 242 g/mol. The third-order valence-electron chi connectivity index (χ3n) is 1.53. The van der Waals surface area contributed by atoms with Gasteiger partial charge >= 0.3 is 0 Å². The highest BCUT2D eigenvalue weighted by molar-refractivity contribution is 14.1. The second-order valence-corrected chi connectivity index (χ2v) is 3.33. The summed E-state index contributed by atoms with van der Waals surface area (Å²) in [5, 5.41) is 0. The lowest BCUT2D eigenvalue weighted by Crippen LogP contribution is -2.36. The van der Waals surface area contributed by atoms with Crippen molar-refractivity contribution in [3.63, 3.8) is 0 Å². The van der Waals surface area contributed by atoms with Crippen molar-refractivity contribution < 1.29 is 0 Å². The van der Waals surface area contributed by atoms with E-state index in [9.17, 15) is 0 Å². The first-order chi connectivity index (χ1) is 4.22. The minimum Gasteiger partial charge on any atom is -0.329 e. The van der Waals surface area contributed by atoms with Gasteiger partial charge in [0, 0.05) is 23.6 Å². The monoisotopic (exact) mass is 242 g/mol. The van der Waals surface area contributed by atoms with E-state index in [0.717, 1.165) is 13.1 Å². The molecule has 2 N–H and O–H groups in total. The van der Waals surface area contributed by atoms with Crippen LogP contribution in [-0.2, 0) is 0 Å². The Morgan fingerprint density at radius 2 is 2.22 bits per heavy atom. The zero-order chi connectivity index (χ0) is 7.28. The number of rotatable bonds is 4. The van der Waals surface area contributed by atoms with Gasteiger partial charge in [-0.1, -0.05) is 22.6 Å². The molecule has 0 saturated heterocycles. The topological polar surface area (TPSA) is 29.3 Å². The van der Waals surface area contributed by atoms with E-state index in [1.807, 2.05) is 0 Å². The van der Waals surface area contributed by atoms with Gasteiger partial charge in [0.25, 0.3) is 0 Å². The summed E-state index contributed by atoms with van der Waals surface area (Å²) in [5.41, 5.74) is 5.46. The molecule has 0 spiro atoms. The summed E-state index contributed by atoms with van der Waals surface area (Å²) in [4.78, 5) is 2.27. The Bertz CT molecular complexity index is 68.1. The van der Waals surface area contributed by atoms with Gasteiger partial charge in [-0.25, -0.2) is 0 Å². The van der Waals surface area contributed by atoms with Crippen molar-refractivity contribution in [2.24, 2.45) is 5.73 Å². The molecule has 2 nitrogen and oxygen atoms in total. The molecule has 0 aromatic carbocycles. The van der Waals surface area contributed by atoms with Crippen molar-refractivity contribution in [2.45, 2.75) is 13.0 Å². The first-order valence-corrected chi connectivity index (χ1v) is 4.71. The fourth-order valence-electron chi connectivity index (χ4n) is 0.534. The molecule has 0 aliphatic rings. The SMILES string of the molecule is CC(CN)N(C)CCI. The Morgan fingerprint density at radius 3 is 2.56 bits per heavy atom. The smallest absolute Gasteiger partial charge is 0.0187 e. The van der Waals surface area contributed by atoms with Crippen molar-refractivity contribution in [2.75, 3.05) is 24.6 Å². The van der Waals surface area contributed by atoms with Crippen LogP contribution in [0.25, 0.3) is 0 Å². The van der Waals surface area contributed by atoms with Crippen molar-refractivity contribution in [3.05, 3.63) is 0 Å². The standard InChI is InChI=1S/C6H15IN2/c1-6(5-8)9(2)4-3-7/h6H,3-5,8H2,1-2H3. The Balaban J connectivity index is 3.32. The van der Waals surface area contributed by atoms with E-state index in [2.05, 4.69) is 41.5 Å². The third kappa shape index (κ3) is 4.11. The highest BCUT2D eigenvalue weighted by atomic mass is 127. The van der Waals surface area contributed by atoms with Crippen LogP contribution in [0.3, 0.4) is 0 Å². The highest BCUT2D eigenvalue weighted by Crippen LogP contribution is 1.93. The molecule has 0 aromatic heterocycles. The van der Waals surface area contributed by atoms with Crippen LogP contribution in [0.4, 0.5) is 0 Å². The van der Waals surface area contributed by atoms with E-state index in [0.29, 0.717) is 6.04 Å². The fourth-order valence-corrected chi connectivity index (χ4v) is 1.29. The van der Waals surface area contributed by atoms with Gasteiger partial charge in [0.2, 0.25) is 0 Å². The lowest BCUT2D eigenvalue weighted by Gasteiger charge is -2.21. The van der Waals surface area contributed by atoms with Crippen LogP contribution >= 0.6 is 22.6 Å².